The molecule has 1 amide bonds. The lowest BCUT2D eigenvalue weighted by molar-refractivity contribution is 0.146. The summed E-state index contributed by atoms with van der Waals surface area (Å²) in [5, 5.41) is 10.9. The Morgan fingerprint density at radius 1 is 1.39 bits per heavy atom. The van der Waals surface area contributed by atoms with Gasteiger partial charge in [0.25, 0.3) is 0 Å². The summed E-state index contributed by atoms with van der Waals surface area (Å²) in [5.74, 6) is 0. The van der Waals surface area contributed by atoms with Crippen molar-refractivity contribution in [1.82, 2.24) is 15.4 Å². The highest BCUT2D eigenvalue weighted by Gasteiger charge is 2.15. The molecule has 0 aromatic carbocycles. The zero-order valence-corrected chi connectivity index (χ0v) is 10.9. The number of carbonyl (C=O) groups is 1. The molecule has 0 saturated carbocycles. The molecule has 7 heteroatoms. The number of pyridine rings is 1. The van der Waals surface area contributed by atoms with Crippen molar-refractivity contribution in [2.24, 2.45) is 0 Å². The number of amides is 1. The predicted molar refractivity (Wildman–Crippen MR) is 69.6 cm³/mol. The van der Waals surface area contributed by atoms with Gasteiger partial charge in [-0.05, 0) is 29.7 Å². The summed E-state index contributed by atoms with van der Waals surface area (Å²) < 4.78 is 0. The smallest absolute Gasteiger partial charge is 0.419 e. The molecule has 0 bridgehead atoms. The number of hydrogen-bond donors (Lipinski definition) is 2. The Kier molecular flexibility index (Phi) is 4.06. The first kappa shape index (κ1) is 13.1. The molecular formula is C11H11Cl2N3O2. The van der Waals surface area contributed by atoms with E-state index in [4.69, 9.17) is 28.3 Å². The molecule has 1 aliphatic rings. The van der Waals surface area contributed by atoms with E-state index in [2.05, 4.69) is 10.4 Å². The van der Waals surface area contributed by atoms with E-state index < -0.39 is 6.09 Å². The van der Waals surface area contributed by atoms with Crippen LogP contribution < -0.4 is 5.43 Å². The number of hydrazine groups is 1. The van der Waals surface area contributed by atoms with Crippen LogP contribution in [0.4, 0.5) is 4.79 Å². The monoisotopic (exact) mass is 287 g/mol. The fourth-order valence-corrected chi connectivity index (χ4v) is 2.28. The second kappa shape index (κ2) is 5.56. The van der Waals surface area contributed by atoms with Gasteiger partial charge < -0.3 is 5.11 Å². The second-order valence-electron chi connectivity index (χ2n) is 3.84. The van der Waals surface area contributed by atoms with Gasteiger partial charge in [0.1, 0.15) is 10.3 Å². The van der Waals surface area contributed by atoms with Gasteiger partial charge in [0.05, 0.1) is 0 Å². The standard InChI is InChI=1S/C11H11Cl2N3O2/c12-9-5-8(6-10(13)14-9)7-1-3-16(4-2-7)15-11(17)18/h1,5-6,15H,2-4H2,(H,17,18). The third-order valence-corrected chi connectivity index (χ3v) is 2.98. The Labute approximate surface area is 114 Å². The summed E-state index contributed by atoms with van der Waals surface area (Å²) in [7, 11) is 0. The molecule has 18 heavy (non-hydrogen) atoms. The maximum Gasteiger partial charge on any atom is 0.419 e. The van der Waals surface area contributed by atoms with Crippen LogP contribution in [0.3, 0.4) is 0 Å². The molecule has 0 radical (unpaired) electrons. The summed E-state index contributed by atoms with van der Waals surface area (Å²) in [5.41, 5.74) is 4.33. The molecular weight excluding hydrogens is 277 g/mol. The van der Waals surface area contributed by atoms with Crippen LogP contribution in [0.1, 0.15) is 12.0 Å². The lowest BCUT2D eigenvalue weighted by Crippen LogP contribution is -2.43. The van der Waals surface area contributed by atoms with E-state index >= 15 is 0 Å². The van der Waals surface area contributed by atoms with Gasteiger partial charge in [-0.2, -0.15) is 0 Å². The molecule has 0 spiro atoms. The molecule has 1 aromatic heterocycles. The van der Waals surface area contributed by atoms with Crippen molar-refractivity contribution < 1.29 is 9.90 Å². The average molecular weight is 288 g/mol. The van der Waals surface area contributed by atoms with Crippen LogP contribution in [-0.4, -0.2) is 34.3 Å². The van der Waals surface area contributed by atoms with Crippen molar-refractivity contribution in [3.05, 3.63) is 34.1 Å². The third kappa shape index (κ3) is 3.35. The van der Waals surface area contributed by atoms with Crippen molar-refractivity contribution in [3.63, 3.8) is 0 Å². The maximum absolute atomic E-state index is 10.5. The summed E-state index contributed by atoms with van der Waals surface area (Å²) in [6.45, 7) is 1.12. The first-order chi connectivity index (χ1) is 8.54. The molecule has 96 valence electrons. The minimum atomic E-state index is -1.05. The molecule has 0 fully saturated rings. The maximum atomic E-state index is 10.5. The molecule has 2 rings (SSSR count). The molecule has 1 aliphatic heterocycles. The molecule has 0 unspecified atom stereocenters. The highest BCUT2D eigenvalue weighted by atomic mass is 35.5. The normalized spacial score (nSPS) is 16.2. The van der Waals surface area contributed by atoms with Gasteiger partial charge in [0.15, 0.2) is 0 Å². The fraction of sp³-hybridized carbons (Fsp3) is 0.273. The number of halogens is 2. The Morgan fingerprint density at radius 3 is 2.56 bits per heavy atom. The van der Waals surface area contributed by atoms with Crippen molar-refractivity contribution in [2.45, 2.75) is 6.42 Å². The Morgan fingerprint density at radius 2 is 2.06 bits per heavy atom. The third-order valence-electron chi connectivity index (χ3n) is 2.60. The quantitative estimate of drug-likeness (QED) is 0.821. The Bertz CT molecular complexity index is 485. The number of hydrogen-bond acceptors (Lipinski definition) is 3. The number of rotatable bonds is 2. The van der Waals surface area contributed by atoms with Gasteiger partial charge in [-0.3, -0.25) is 5.43 Å². The summed E-state index contributed by atoms with van der Waals surface area (Å²) in [6, 6.07) is 3.50. The van der Waals surface area contributed by atoms with Crippen LogP contribution >= 0.6 is 23.2 Å². The van der Waals surface area contributed by atoms with Crippen molar-refractivity contribution in [1.29, 1.82) is 0 Å². The zero-order valence-electron chi connectivity index (χ0n) is 9.36. The minimum absolute atomic E-state index is 0.351. The molecule has 5 nitrogen and oxygen atoms in total. The van der Waals surface area contributed by atoms with E-state index in [-0.39, 0.29) is 0 Å². The van der Waals surface area contributed by atoms with Crippen molar-refractivity contribution in [2.75, 3.05) is 13.1 Å². The van der Waals surface area contributed by atoms with Gasteiger partial charge in [0, 0.05) is 13.1 Å². The zero-order chi connectivity index (χ0) is 13.1. The number of aromatic nitrogens is 1. The van der Waals surface area contributed by atoms with E-state index in [0.717, 1.165) is 17.6 Å². The number of nitrogens with zero attached hydrogens (tertiary/aromatic N) is 2. The van der Waals surface area contributed by atoms with E-state index in [9.17, 15) is 4.79 Å². The first-order valence-corrected chi connectivity index (χ1v) is 6.07. The largest absolute Gasteiger partial charge is 0.464 e. The predicted octanol–water partition coefficient (Wildman–Crippen LogP) is 2.66. The van der Waals surface area contributed by atoms with Gasteiger partial charge in [-0.15, -0.1) is 0 Å². The van der Waals surface area contributed by atoms with Crippen LogP contribution in [0.25, 0.3) is 5.57 Å². The molecule has 0 saturated heterocycles. The van der Waals surface area contributed by atoms with Crippen LogP contribution in [0.15, 0.2) is 18.2 Å². The minimum Gasteiger partial charge on any atom is -0.464 e. The van der Waals surface area contributed by atoms with Crippen LogP contribution in [-0.2, 0) is 0 Å². The average Bonchev–Trinajstić information content (AvgIpc) is 2.27. The molecule has 0 aliphatic carbocycles. The van der Waals surface area contributed by atoms with Gasteiger partial charge in [-0.25, -0.2) is 14.8 Å². The van der Waals surface area contributed by atoms with Crippen molar-refractivity contribution in [3.8, 4) is 0 Å². The van der Waals surface area contributed by atoms with E-state index in [1.807, 2.05) is 6.08 Å². The SMILES string of the molecule is O=C(O)NN1CC=C(c2cc(Cl)nc(Cl)c2)CC1. The molecule has 0 atom stereocenters. The van der Waals surface area contributed by atoms with Gasteiger partial charge >= 0.3 is 6.09 Å². The lowest BCUT2D eigenvalue weighted by Gasteiger charge is -2.25. The van der Waals surface area contributed by atoms with Crippen LogP contribution in [0.2, 0.25) is 10.3 Å². The van der Waals surface area contributed by atoms with E-state index in [1.165, 1.54) is 0 Å². The van der Waals surface area contributed by atoms with Crippen LogP contribution in [0, 0.1) is 0 Å². The lowest BCUT2D eigenvalue weighted by atomic mass is 10.0. The molecule has 2 heterocycles. The summed E-state index contributed by atoms with van der Waals surface area (Å²) >= 11 is 11.7. The highest BCUT2D eigenvalue weighted by Crippen LogP contribution is 2.25. The number of carboxylic acid groups (broad SMARTS) is 1. The van der Waals surface area contributed by atoms with Crippen molar-refractivity contribution >= 4 is 34.9 Å². The summed E-state index contributed by atoms with van der Waals surface area (Å²) in [6.07, 6.45) is 1.61. The highest BCUT2D eigenvalue weighted by molar-refractivity contribution is 6.32. The van der Waals surface area contributed by atoms with E-state index in [0.29, 0.717) is 23.4 Å². The van der Waals surface area contributed by atoms with Gasteiger partial charge in [-0.1, -0.05) is 29.3 Å². The fourth-order valence-electron chi connectivity index (χ4n) is 1.82. The van der Waals surface area contributed by atoms with Crippen LogP contribution in [0.5, 0.6) is 0 Å². The summed E-state index contributed by atoms with van der Waals surface area (Å²) in [4.78, 5) is 14.4. The van der Waals surface area contributed by atoms with Gasteiger partial charge in [0.2, 0.25) is 0 Å². The van der Waals surface area contributed by atoms with E-state index in [1.54, 1.807) is 17.1 Å². The Hall–Kier alpha value is -1.30. The molecule has 2 N–H and O–H groups in total. The number of nitrogens with one attached hydrogen (secondary N) is 1. The molecule has 1 aromatic rings. The topological polar surface area (TPSA) is 65.5 Å². The first-order valence-electron chi connectivity index (χ1n) is 5.31. The Balaban J connectivity index is 2.11. The second-order valence-corrected chi connectivity index (χ2v) is 4.62.